The zero-order valence-electron chi connectivity index (χ0n) is 10.9. The number of nitriles is 1. The molecule has 0 aliphatic carbocycles. The van der Waals surface area contributed by atoms with Crippen molar-refractivity contribution >= 4 is 15.9 Å². The fourth-order valence-electron chi connectivity index (χ4n) is 1.49. The van der Waals surface area contributed by atoms with Crippen LogP contribution in [0.5, 0.6) is 5.75 Å². The molecular weight excluding hydrogens is 282 g/mol. The van der Waals surface area contributed by atoms with Gasteiger partial charge < -0.3 is 10.1 Å². The van der Waals surface area contributed by atoms with E-state index in [1.807, 2.05) is 6.07 Å². The lowest BCUT2D eigenvalue weighted by atomic mass is 10.2. The minimum atomic E-state index is -3.76. The van der Waals surface area contributed by atoms with Gasteiger partial charge in [-0.3, -0.25) is 4.79 Å². The van der Waals surface area contributed by atoms with E-state index in [1.165, 1.54) is 18.2 Å². The van der Waals surface area contributed by atoms with E-state index in [-0.39, 0.29) is 30.4 Å². The van der Waals surface area contributed by atoms with Crippen molar-refractivity contribution in [2.75, 3.05) is 13.2 Å². The molecule has 20 heavy (non-hydrogen) atoms. The predicted molar refractivity (Wildman–Crippen MR) is 71.3 cm³/mol. The molecule has 7 nitrogen and oxygen atoms in total. The Hall–Kier alpha value is -2.11. The van der Waals surface area contributed by atoms with Gasteiger partial charge in [-0.1, -0.05) is 0 Å². The lowest BCUT2D eigenvalue weighted by molar-refractivity contribution is -0.123. The molecule has 108 valence electrons. The number of nitrogens with one attached hydrogen (secondary N) is 1. The number of ether oxygens (including phenoxy) is 1. The molecule has 0 bridgehead atoms. The van der Waals surface area contributed by atoms with Crippen molar-refractivity contribution in [2.45, 2.75) is 18.2 Å². The molecule has 0 spiro atoms. The van der Waals surface area contributed by atoms with Gasteiger partial charge in [0.15, 0.2) is 6.61 Å². The molecule has 0 aliphatic rings. The Labute approximate surface area is 117 Å². The van der Waals surface area contributed by atoms with E-state index in [9.17, 15) is 13.2 Å². The van der Waals surface area contributed by atoms with Crippen molar-refractivity contribution in [1.29, 1.82) is 5.26 Å². The molecule has 8 heteroatoms. The number of nitrogens with zero attached hydrogens (tertiary/aromatic N) is 1. The zero-order chi connectivity index (χ0) is 15.2. The van der Waals surface area contributed by atoms with Gasteiger partial charge >= 0.3 is 0 Å². The van der Waals surface area contributed by atoms with Gasteiger partial charge in [0, 0.05) is 6.54 Å². The fraction of sp³-hybridized carbons (Fsp3) is 0.333. The molecule has 0 fully saturated rings. The summed E-state index contributed by atoms with van der Waals surface area (Å²) in [5, 5.41) is 15.9. The Balaban J connectivity index is 2.61. The van der Waals surface area contributed by atoms with Crippen LogP contribution in [0.3, 0.4) is 0 Å². The summed E-state index contributed by atoms with van der Waals surface area (Å²) >= 11 is 0. The van der Waals surface area contributed by atoms with Gasteiger partial charge in [0.2, 0.25) is 10.0 Å². The van der Waals surface area contributed by atoms with Gasteiger partial charge in [0.05, 0.1) is 17.4 Å². The first kappa shape index (κ1) is 15.9. The Bertz CT molecular complexity index is 635. The molecule has 1 rings (SSSR count). The number of aryl methyl sites for hydroxylation is 1. The van der Waals surface area contributed by atoms with Crippen molar-refractivity contribution in [3.8, 4) is 11.8 Å². The molecule has 1 aromatic rings. The maximum absolute atomic E-state index is 11.3. The van der Waals surface area contributed by atoms with Crippen LogP contribution in [0.4, 0.5) is 0 Å². The highest BCUT2D eigenvalue weighted by atomic mass is 32.2. The van der Waals surface area contributed by atoms with Gasteiger partial charge in [-0.2, -0.15) is 5.26 Å². The molecule has 0 heterocycles. The van der Waals surface area contributed by atoms with Crippen LogP contribution in [-0.4, -0.2) is 27.5 Å². The van der Waals surface area contributed by atoms with E-state index >= 15 is 0 Å². The second-order valence-corrected chi connectivity index (χ2v) is 5.55. The van der Waals surface area contributed by atoms with Crippen LogP contribution in [0.1, 0.15) is 12.0 Å². The topological polar surface area (TPSA) is 122 Å². The highest BCUT2D eigenvalue weighted by Gasteiger charge is 2.12. The highest BCUT2D eigenvalue weighted by molar-refractivity contribution is 7.89. The van der Waals surface area contributed by atoms with Gasteiger partial charge in [-0.15, -0.1) is 0 Å². The summed E-state index contributed by atoms with van der Waals surface area (Å²) in [4.78, 5) is 11.4. The van der Waals surface area contributed by atoms with Gasteiger partial charge in [-0.05, 0) is 30.7 Å². The smallest absolute Gasteiger partial charge is 0.257 e. The van der Waals surface area contributed by atoms with E-state index in [1.54, 1.807) is 6.92 Å². The van der Waals surface area contributed by atoms with Crippen molar-refractivity contribution in [3.05, 3.63) is 23.8 Å². The summed E-state index contributed by atoms with van der Waals surface area (Å²) in [6.45, 7) is 1.64. The van der Waals surface area contributed by atoms with E-state index < -0.39 is 10.0 Å². The molecule has 0 atom stereocenters. The van der Waals surface area contributed by atoms with Crippen LogP contribution in [-0.2, 0) is 14.8 Å². The zero-order valence-corrected chi connectivity index (χ0v) is 11.7. The lowest BCUT2D eigenvalue weighted by Gasteiger charge is -2.09. The van der Waals surface area contributed by atoms with Crippen LogP contribution in [0, 0.1) is 18.3 Å². The third-order valence-corrected chi connectivity index (χ3v) is 3.45. The van der Waals surface area contributed by atoms with Crippen LogP contribution >= 0.6 is 0 Å². The molecule has 0 aliphatic heterocycles. The maximum atomic E-state index is 11.3. The second kappa shape index (κ2) is 6.88. The summed E-state index contributed by atoms with van der Waals surface area (Å²) in [6.07, 6.45) is 0.230. The van der Waals surface area contributed by atoms with Gasteiger partial charge in [0.25, 0.3) is 5.91 Å². The molecule has 0 saturated heterocycles. The number of rotatable bonds is 6. The Kier molecular flexibility index (Phi) is 5.49. The molecule has 1 aromatic carbocycles. The number of carbonyl (C=O) groups excluding carboxylic acids is 1. The predicted octanol–water partition coefficient (Wildman–Crippen LogP) is 0.0511. The third-order valence-electron chi connectivity index (χ3n) is 2.38. The Morgan fingerprint density at radius 1 is 1.50 bits per heavy atom. The first-order valence-electron chi connectivity index (χ1n) is 5.74. The minimum Gasteiger partial charge on any atom is -0.484 e. The average molecular weight is 297 g/mol. The molecular formula is C12H15N3O4S. The number of hydrogen-bond donors (Lipinski definition) is 2. The van der Waals surface area contributed by atoms with Gasteiger partial charge in [0.1, 0.15) is 5.75 Å². The van der Waals surface area contributed by atoms with Crippen molar-refractivity contribution in [2.24, 2.45) is 5.14 Å². The quantitative estimate of drug-likeness (QED) is 0.718. The average Bonchev–Trinajstić information content (AvgIpc) is 2.35. The maximum Gasteiger partial charge on any atom is 0.257 e. The molecule has 0 unspecified atom stereocenters. The van der Waals surface area contributed by atoms with E-state index in [4.69, 9.17) is 15.1 Å². The standard InChI is InChI=1S/C12H15N3O4S/c1-9-7-10(3-4-11(9)20(14,17)18)19-8-12(16)15-6-2-5-13/h3-4,7H,2,6,8H2,1H3,(H,15,16)(H2,14,17,18). The summed E-state index contributed by atoms with van der Waals surface area (Å²) in [7, 11) is -3.76. The molecule has 0 aromatic heterocycles. The van der Waals surface area contributed by atoms with Crippen LogP contribution in [0.15, 0.2) is 23.1 Å². The number of sulfonamides is 1. The number of hydrogen-bond acceptors (Lipinski definition) is 5. The SMILES string of the molecule is Cc1cc(OCC(=O)NCCC#N)ccc1S(N)(=O)=O. The van der Waals surface area contributed by atoms with Crippen LogP contribution in [0.25, 0.3) is 0 Å². The van der Waals surface area contributed by atoms with E-state index in [0.717, 1.165) is 0 Å². The largest absolute Gasteiger partial charge is 0.484 e. The number of primary sulfonamides is 1. The minimum absolute atomic E-state index is 0.0170. The number of benzene rings is 1. The number of nitrogens with two attached hydrogens (primary N) is 1. The van der Waals surface area contributed by atoms with Crippen molar-refractivity contribution in [1.82, 2.24) is 5.32 Å². The first-order valence-corrected chi connectivity index (χ1v) is 7.29. The van der Waals surface area contributed by atoms with Crippen molar-refractivity contribution in [3.63, 3.8) is 0 Å². The molecule has 3 N–H and O–H groups in total. The Morgan fingerprint density at radius 3 is 2.75 bits per heavy atom. The molecule has 0 radical (unpaired) electrons. The molecule has 0 saturated carbocycles. The summed E-state index contributed by atoms with van der Waals surface area (Å²) in [5.74, 6) is 0.0127. The monoisotopic (exact) mass is 297 g/mol. The van der Waals surface area contributed by atoms with Crippen LogP contribution in [0.2, 0.25) is 0 Å². The lowest BCUT2D eigenvalue weighted by Crippen LogP contribution is -2.29. The third kappa shape index (κ3) is 4.87. The van der Waals surface area contributed by atoms with E-state index in [2.05, 4.69) is 5.32 Å². The summed E-state index contributed by atoms with van der Waals surface area (Å²) in [5.41, 5.74) is 0.440. The number of carbonyl (C=O) groups is 1. The summed E-state index contributed by atoms with van der Waals surface area (Å²) in [6, 6.07) is 6.14. The fourth-order valence-corrected chi connectivity index (χ4v) is 2.25. The molecule has 1 amide bonds. The number of amides is 1. The van der Waals surface area contributed by atoms with Gasteiger partial charge in [-0.25, -0.2) is 13.6 Å². The normalized spacial score (nSPS) is 10.7. The Morgan fingerprint density at radius 2 is 2.20 bits per heavy atom. The van der Waals surface area contributed by atoms with E-state index in [0.29, 0.717) is 11.3 Å². The van der Waals surface area contributed by atoms with Crippen LogP contribution < -0.4 is 15.2 Å². The highest BCUT2D eigenvalue weighted by Crippen LogP contribution is 2.20. The second-order valence-electron chi connectivity index (χ2n) is 4.02. The first-order chi connectivity index (χ1) is 9.34. The van der Waals surface area contributed by atoms with Crippen molar-refractivity contribution < 1.29 is 17.9 Å². The summed E-state index contributed by atoms with van der Waals surface area (Å²) < 4.78 is 27.7.